The number of hydrogen-bond acceptors (Lipinski definition) is 4. The fourth-order valence-electron chi connectivity index (χ4n) is 2.05. The van der Waals surface area contributed by atoms with Gasteiger partial charge in [-0.1, -0.05) is 0 Å². The number of benzene rings is 1. The Morgan fingerprint density at radius 3 is 2.81 bits per heavy atom. The van der Waals surface area contributed by atoms with Crippen LogP contribution in [0.5, 0.6) is 11.5 Å². The van der Waals surface area contributed by atoms with Gasteiger partial charge >= 0.3 is 0 Å². The fourth-order valence-corrected chi connectivity index (χ4v) is 2.05. The number of nitrogens with one attached hydrogen (secondary N) is 1. The molecule has 4 heteroatoms. The van der Waals surface area contributed by atoms with E-state index in [0.29, 0.717) is 0 Å². The maximum atomic E-state index is 6.01. The van der Waals surface area contributed by atoms with Gasteiger partial charge in [0.05, 0.1) is 19.9 Å². The summed E-state index contributed by atoms with van der Waals surface area (Å²) in [6.07, 6.45) is 1.83. The third-order valence-corrected chi connectivity index (χ3v) is 2.91. The Bertz CT molecular complexity index is 380. The van der Waals surface area contributed by atoms with Gasteiger partial charge in [0, 0.05) is 18.7 Å². The molecule has 1 aromatic rings. The Balaban J connectivity index is 2.45. The van der Waals surface area contributed by atoms with E-state index in [4.69, 9.17) is 15.2 Å². The number of fused-ring (bicyclic) bond motifs is 1. The van der Waals surface area contributed by atoms with Crippen molar-refractivity contribution in [2.45, 2.75) is 18.9 Å². The van der Waals surface area contributed by atoms with Crippen LogP contribution in [0, 0.1) is 0 Å². The molecule has 0 spiro atoms. The molecule has 0 radical (unpaired) electrons. The van der Waals surface area contributed by atoms with Gasteiger partial charge in [0.25, 0.3) is 0 Å². The first-order valence-corrected chi connectivity index (χ1v) is 5.49. The van der Waals surface area contributed by atoms with Crippen LogP contribution in [0.3, 0.4) is 0 Å². The number of nitrogens with two attached hydrogens (primary N) is 1. The molecule has 0 aromatic heterocycles. The van der Waals surface area contributed by atoms with E-state index in [1.54, 1.807) is 14.2 Å². The molecule has 0 fully saturated rings. The second kappa shape index (κ2) is 4.61. The van der Waals surface area contributed by atoms with E-state index in [1.165, 1.54) is 5.56 Å². The van der Waals surface area contributed by atoms with Gasteiger partial charge in [-0.05, 0) is 24.5 Å². The molecule has 16 heavy (non-hydrogen) atoms. The van der Waals surface area contributed by atoms with E-state index >= 15 is 0 Å². The lowest BCUT2D eigenvalue weighted by atomic mass is 10.0. The summed E-state index contributed by atoms with van der Waals surface area (Å²) in [7, 11) is 3.33. The molecule has 4 nitrogen and oxygen atoms in total. The first-order chi connectivity index (χ1) is 7.74. The lowest BCUT2D eigenvalue weighted by Gasteiger charge is -2.14. The van der Waals surface area contributed by atoms with Gasteiger partial charge in [0.2, 0.25) is 0 Å². The van der Waals surface area contributed by atoms with Gasteiger partial charge in [-0.25, -0.2) is 0 Å². The maximum absolute atomic E-state index is 6.01. The SMILES string of the molecule is COc1cc2c(c(OC)c1)NCCC(N)C2. The van der Waals surface area contributed by atoms with Crippen LogP contribution < -0.4 is 20.5 Å². The van der Waals surface area contributed by atoms with Crippen LogP contribution in [0.15, 0.2) is 12.1 Å². The van der Waals surface area contributed by atoms with Gasteiger partial charge in [0.15, 0.2) is 0 Å². The highest BCUT2D eigenvalue weighted by atomic mass is 16.5. The molecule has 0 amide bonds. The lowest BCUT2D eigenvalue weighted by molar-refractivity contribution is 0.394. The van der Waals surface area contributed by atoms with Crippen LogP contribution in [0.1, 0.15) is 12.0 Å². The quantitative estimate of drug-likeness (QED) is 0.794. The average molecular weight is 222 g/mol. The maximum Gasteiger partial charge on any atom is 0.145 e. The topological polar surface area (TPSA) is 56.5 Å². The summed E-state index contributed by atoms with van der Waals surface area (Å²) in [6, 6.07) is 4.11. The largest absolute Gasteiger partial charge is 0.497 e. The summed E-state index contributed by atoms with van der Waals surface area (Å²) >= 11 is 0. The highest BCUT2D eigenvalue weighted by Gasteiger charge is 2.17. The Hall–Kier alpha value is -1.42. The Kier molecular flexibility index (Phi) is 3.19. The summed E-state index contributed by atoms with van der Waals surface area (Å²) in [6.45, 7) is 0.886. The zero-order valence-corrected chi connectivity index (χ0v) is 9.75. The van der Waals surface area contributed by atoms with Crippen molar-refractivity contribution in [2.75, 3.05) is 26.1 Å². The number of anilines is 1. The predicted molar refractivity (Wildman–Crippen MR) is 64.3 cm³/mol. The molecule has 0 bridgehead atoms. The average Bonchev–Trinajstić information content (AvgIpc) is 2.48. The highest BCUT2D eigenvalue weighted by Crippen LogP contribution is 2.35. The van der Waals surface area contributed by atoms with Crippen molar-refractivity contribution in [2.24, 2.45) is 5.73 Å². The molecule has 1 aliphatic heterocycles. The number of rotatable bonds is 2. The van der Waals surface area contributed by atoms with Gasteiger partial charge in [0.1, 0.15) is 11.5 Å². The van der Waals surface area contributed by atoms with E-state index in [1.807, 2.05) is 12.1 Å². The summed E-state index contributed by atoms with van der Waals surface area (Å²) in [5, 5.41) is 3.37. The monoisotopic (exact) mass is 222 g/mol. The van der Waals surface area contributed by atoms with E-state index in [0.717, 1.165) is 36.6 Å². The normalized spacial score (nSPS) is 19.3. The zero-order chi connectivity index (χ0) is 11.5. The Morgan fingerprint density at radius 2 is 2.12 bits per heavy atom. The summed E-state index contributed by atoms with van der Waals surface area (Å²) in [5.74, 6) is 1.63. The molecule has 3 N–H and O–H groups in total. The molecule has 2 rings (SSSR count). The molecule has 1 aromatic carbocycles. The van der Waals surface area contributed by atoms with E-state index in [2.05, 4.69) is 5.32 Å². The lowest BCUT2D eigenvalue weighted by Crippen LogP contribution is -2.22. The van der Waals surface area contributed by atoms with Gasteiger partial charge in [-0.2, -0.15) is 0 Å². The van der Waals surface area contributed by atoms with Gasteiger partial charge in [-0.3, -0.25) is 0 Å². The first kappa shape index (κ1) is 11.1. The molecule has 88 valence electrons. The smallest absolute Gasteiger partial charge is 0.145 e. The van der Waals surface area contributed by atoms with Crippen molar-refractivity contribution in [3.63, 3.8) is 0 Å². The van der Waals surface area contributed by atoms with Crippen LogP contribution in [0.25, 0.3) is 0 Å². The minimum absolute atomic E-state index is 0.200. The number of methoxy groups -OCH3 is 2. The minimum atomic E-state index is 0.200. The van der Waals surface area contributed by atoms with Crippen molar-refractivity contribution in [1.82, 2.24) is 0 Å². The second-order valence-electron chi connectivity index (χ2n) is 4.04. The minimum Gasteiger partial charge on any atom is -0.497 e. The van der Waals surface area contributed by atoms with Crippen molar-refractivity contribution in [3.8, 4) is 11.5 Å². The van der Waals surface area contributed by atoms with Gasteiger partial charge < -0.3 is 20.5 Å². The van der Waals surface area contributed by atoms with Crippen molar-refractivity contribution in [3.05, 3.63) is 17.7 Å². The van der Waals surface area contributed by atoms with Crippen molar-refractivity contribution < 1.29 is 9.47 Å². The van der Waals surface area contributed by atoms with Crippen molar-refractivity contribution >= 4 is 5.69 Å². The van der Waals surface area contributed by atoms with Crippen LogP contribution >= 0.6 is 0 Å². The molecule has 0 saturated heterocycles. The van der Waals surface area contributed by atoms with Crippen LogP contribution in [-0.4, -0.2) is 26.8 Å². The van der Waals surface area contributed by atoms with E-state index in [9.17, 15) is 0 Å². The Labute approximate surface area is 95.7 Å². The standard InChI is InChI=1S/C12H18N2O2/c1-15-10-6-8-5-9(13)3-4-14-12(8)11(7-10)16-2/h6-7,9,14H,3-5,13H2,1-2H3. The van der Waals surface area contributed by atoms with E-state index in [-0.39, 0.29) is 6.04 Å². The summed E-state index contributed by atoms with van der Waals surface area (Å²) in [4.78, 5) is 0. The molecule has 0 saturated carbocycles. The fraction of sp³-hybridized carbons (Fsp3) is 0.500. The van der Waals surface area contributed by atoms with Crippen LogP contribution in [-0.2, 0) is 6.42 Å². The zero-order valence-electron chi connectivity index (χ0n) is 9.75. The molecule has 1 unspecified atom stereocenters. The third-order valence-electron chi connectivity index (χ3n) is 2.91. The van der Waals surface area contributed by atoms with Crippen LogP contribution in [0.2, 0.25) is 0 Å². The first-order valence-electron chi connectivity index (χ1n) is 5.49. The third kappa shape index (κ3) is 2.07. The highest BCUT2D eigenvalue weighted by molar-refractivity contribution is 5.65. The molecular weight excluding hydrogens is 204 g/mol. The summed E-state index contributed by atoms with van der Waals surface area (Å²) < 4.78 is 10.6. The Morgan fingerprint density at radius 1 is 1.31 bits per heavy atom. The van der Waals surface area contributed by atoms with Crippen molar-refractivity contribution in [1.29, 1.82) is 0 Å². The molecular formula is C12H18N2O2. The molecule has 1 aliphatic rings. The predicted octanol–water partition coefficient (Wildman–Crippen LogP) is 1.39. The van der Waals surface area contributed by atoms with Crippen LogP contribution in [0.4, 0.5) is 5.69 Å². The number of ether oxygens (including phenoxy) is 2. The second-order valence-corrected chi connectivity index (χ2v) is 4.04. The van der Waals surface area contributed by atoms with E-state index < -0.39 is 0 Å². The van der Waals surface area contributed by atoms with Gasteiger partial charge in [-0.15, -0.1) is 0 Å². The summed E-state index contributed by atoms with van der Waals surface area (Å²) in [5.41, 5.74) is 8.23. The molecule has 0 aliphatic carbocycles. The molecule has 1 heterocycles. The molecule has 1 atom stereocenters. The number of hydrogen-bond donors (Lipinski definition) is 2.